The van der Waals surface area contributed by atoms with Crippen LogP contribution in [-0.4, -0.2) is 16.0 Å². The molecule has 0 aliphatic heterocycles. The molecule has 4 rings (SSSR count). The second-order valence-electron chi connectivity index (χ2n) is 6.89. The van der Waals surface area contributed by atoms with Gasteiger partial charge in [-0.05, 0) is 37.1 Å². The van der Waals surface area contributed by atoms with Gasteiger partial charge in [0.15, 0.2) is 0 Å². The van der Waals surface area contributed by atoms with Gasteiger partial charge in [0.25, 0.3) is 11.8 Å². The summed E-state index contributed by atoms with van der Waals surface area (Å²) in [4.78, 5) is 17.5. The first-order valence-electron chi connectivity index (χ1n) is 9.14. The largest absolute Gasteiger partial charge is 0.338 e. The molecular weight excluding hydrogens is 406 g/mol. The molecule has 1 aliphatic carbocycles. The van der Waals surface area contributed by atoms with Gasteiger partial charge in [0.1, 0.15) is 5.54 Å². The molecule has 5 nitrogen and oxygen atoms in total. The van der Waals surface area contributed by atoms with Gasteiger partial charge in [0, 0.05) is 15.6 Å². The number of rotatable bonds is 4. The number of halogens is 1. The van der Waals surface area contributed by atoms with Gasteiger partial charge in [-0.25, -0.2) is 0 Å². The molecule has 6 heteroatoms. The van der Waals surface area contributed by atoms with E-state index >= 15 is 0 Å². The SMILES string of the molecule is O=C(NC1(c2nc(-c3ccccc3)no2)CCCCC1)c1ccc(Br)cc1. The van der Waals surface area contributed by atoms with Crippen molar-refractivity contribution in [2.45, 2.75) is 37.6 Å². The lowest BCUT2D eigenvalue weighted by Gasteiger charge is -2.34. The Morgan fingerprint density at radius 2 is 1.70 bits per heavy atom. The molecule has 1 N–H and O–H groups in total. The highest BCUT2D eigenvalue weighted by Gasteiger charge is 2.41. The number of aromatic nitrogens is 2. The molecule has 3 aromatic rings. The molecule has 2 aromatic carbocycles. The number of nitrogens with one attached hydrogen (secondary N) is 1. The Morgan fingerprint density at radius 1 is 1.00 bits per heavy atom. The Labute approximate surface area is 166 Å². The monoisotopic (exact) mass is 425 g/mol. The van der Waals surface area contributed by atoms with Gasteiger partial charge in [0.05, 0.1) is 0 Å². The van der Waals surface area contributed by atoms with E-state index in [1.54, 1.807) is 12.1 Å². The highest BCUT2D eigenvalue weighted by Crippen LogP contribution is 2.37. The lowest BCUT2D eigenvalue weighted by Crippen LogP contribution is -2.47. The molecule has 27 heavy (non-hydrogen) atoms. The van der Waals surface area contributed by atoms with Crippen molar-refractivity contribution in [3.63, 3.8) is 0 Å². The number of benzene rings is 2. The van der Waals surface area contributed by atoms with Crippen LogP contribution in [0.5, 0.6) is 0 Å². The van der Waals surface area contributed by atoms with Crippen molar-refractivity contribution in [3.05, 3.63) is 70.5 Å². The van der Waals surface area contributed by atoms with Gasteiger partial charge in [0.2, 0.25) is 5.82 Å². The van der Waals surface area contributed by atoms with E-state index in [-0.39, 0.29) is 5.91 Å². The fourth-order valence-electron chi connectivity index (χ4n) is 3.56. The zero-order chi connectivity index (χ0) is 18.7. The normalized spacial score (nSPS) is 16.0. The second-order valence-corrected chi connectivity index (χ2v) is 7.81. The number of carbonyl (C=O) groups excluding carboxylic acids is 1. The summed E-state index contributed by atoms with van der Waals surface area (Å²) >= 11 is 3.40. The zero-order valence-corrected chi connectivity index (χ0v) is 16.4. The number of hydrogen-bond donors (Lipinski definition) is 1. The van der Waals surface area contributed by atoms with Gasteiger partial charge >= 0.3 is 0 Å². The molecule has 1 aliphatic rings. The van der Waals surface area contributed by atoms with Crippen molar-refractivity contribution >= 4 is 21.8 Å². The van der Waals surface area contributed by atoms with E-state index in [9.17, 15) is 4.79 Å². The predicted molar refractivity (Wildman–Crippen MR) is 106 cm³/mol. The van der Waals surface area contributed by atoms with Crippen LogP contribution in [0.2, 0.25) is 0 Å². The quantitative estimate of drug-likeness (QED) is 0.631. The maximum atomic E-state index is 12.9. The highest BCUT2D eigenvalue weighted by atomic mass is 79.9. The van der Waals surface area contributed by atoms with Crippen molar-refractivity contribution in [2.24, 2.45) is 0 Å². The summed E-state index contributed by atoms with van der Waals surface area (Å²) in [6.45, 7) is 0. The third-order valence-electron chi connectivity index (χ3n) is 5.03. The molecule has 0 radical (unpaired) electrons. The molecule has 1 saturated carbocycles. The fourth-order valence-corrected chi connectivity index (χ4v) is 3.83. The van der Waals surface area contributed by atoms with Crippen molar-refractivity contribution in [2.75, 3.05) is 0 Å². The lowest BCUT2D eigenvalue weighted by atomic mass is 9.81. The van der Waals surface area contributed by atoms with Crippen LogP contribution in [-0.2, 0) is 5.54 Å². The van der Waals surface area contributed by atoms with E-state index in [0.717, 1.165) is 42.1 Å². The zero-order valence-electron chi connectivity index (χ0n) is 14.8. The Bertz CT molecular complexity index is 916. The molecule has 1 heterocycles. The Morgan fingerprint density at radius 3 is 2.41 bits per heavy atom. The number of hydrogen-bond acceptors (Lipinski definition) is 4. The molecule has 1 aromatic heterocycles. The van der Waals surface area contributed by atoms with E-state index in [0.29, 0.717) is 17.3 Å². The van der Waals surface area contributed by atoms with Crippen LogP contribution in [0.1, 0.15) is 48.4 Å². The van der Waals surface area contributed by atoms with Crippen LogP contribution >= 0.6 is 15.9 Å². The molecule has 0 bridgehead atoms. The van der Waals surface area contributed by atoms with Gasteiger partial charge in [-0.3, -0.25) is 4.79 Å². The van der Waals surface area contributed by atoms with Crippen LogP contribution < -0.4 is 5.32 Å². The van der Waals surface area contributed by atoms with E-state index < -0.39 is 5.54 Å². The van der Waals surface area contributed by atoms with E-state index in [2.05, 4.69) is 31.4 Å². The summed E-state index contributed by atoms with van der Waals surface area (Å²) in [6, 6.07) is 17.1. The van der Waals surface area contributed by atoms with Gasteiger partial charge in [-0.1, -0.05) is 70.7 Å². The molecule has 1 fully saturated rings. The maximum Gasteiger partial charge on any atom is 0.252 e. The summed E-state index contributed by atoms with van der Waals surface area (Å²) in [5, 5.41) is 7.35. The Kier molecular flexibility index (Phi) is 5.07. The molecule has 0 spiro atoms. The van der Waals surface area contributed by atoms with Crippen molar-refractivity contribution < 1.29 is 9.32 Å². The predicted octanol–water partition coefficient (Wildman–Crippen LogP) is 5.09. The van der Waals surface area contributed by atoms with Crippen LogP contribution in [0.4, 0.5) is 0 Å². The number of carbonyl (C=O) groups is 1. The summed E-state index contributed by atoms with van der Waals surface area (Å²) in [6.07, 6.45) is 4.78. The average molecular weight is 426 g/mol. The second kappa shape index (κ2) is 7.64. The first-order valence-corrected chi connectivity index (χ1v) is 9.93. The first-order chi connectivity index (χ1) is 13.2. The smallest absolute Gasteiger partial charge is 0.252 e. The van der Waals surface area contributed by atoms with Crippen LogP contribution in [0.3, 0.4) is 0 Å². The third-order valence-corrected chi connectivity index (χ3v) is 5.56. The average Bonchev–Trinajstić information content (AvgIpc) is 3.21. The van der Waals surface area contributed by atoms with E-state index in [4.69, 9.17) is 4.52 Å². The minimum absolute atomic E-state index is 0.121. The van der Waals surface area contributed by atoms with Gasteiger partial charge < -0.3 is 9.84 Å². The van der Waals surface area contributed by atoms with Crippen LogP contribution in [0, 0.1) is 0 Å². The first kappa shape index (κ1) is 17.9. The minimum atomic E-state index is -0.609. The molecule has 0 saturated heterocycles. The van der Waals surface area contributed by atoms with Gasteiger partial charge in [-0.2, -0.15) is 4.98 Å². The minimum Gasteiger partial charge on any atom is -0.338 e. The lowest BCUT2D eigenvalue weighted by molar-refractivity contribution is 0.0824. The third kappa shape index (κ3) is 3.81. The summed E-state index contributed by atoms with van der Waals surface area (Å²) in [7, 11) is 0. The van der Waals surface area contributed by atoms with Crippen molar-refractivity contribution in [1.82, 2.24) is 15.5 Å². The molecule has 138 valence electrons. The number of nitrogens with zero attached hydrogens (tertiary/aromatic N) is 2. The van der Waals surface area contributed by atoms with Crippen molar-refractivity contribution in [3.8, 4) is 11.4 Å². The Hall–Kier alpha value is -2.47. The molecule has 1 amide bonds. The maximum absolute atomic E-state index is 12.9. The van der Waals surface area contributed by atoms with E-state index in [1.807, 2.05) is 42.5 Å². The highest BCUT2D eigenvalue weighted by molar-refractivity contribution is 9.10. The topological polar surface area (TPSA) is 68.0 Å². The number of amides is 1. The van der Waals surface area contributed by atoms with E-state index in [1.165, 1.54) is 0 Å². The van der Waals surface area contributed by atoms with Crippen LogP contribution in [0.15, 0.2) is 63.6 Å². The van der Waals surface area contributed by atoms with Gasteiger partial charge in [-0.15, -0.1) is 0 Å². The fraction of sp³-hybridized carbons (Fsp3) is 0.286. The summed E-state index contributed by atoms with van der Waals surface area (Å²) in [5.74, 6) is 0.920. The summed E-state index contributed by atoms with van der Waals surface area (Å²) in [5.41, 5.74) is 0.909. The molecule has 0 atom stereocenters. The molecule has 0 unspecified atom stereocenters. The Balaban J connectivity index is 1.63. The van der Waals surface area contributed by atoms with Crippen molar-refractivity contribution in [1.29, 1.82) is 0 Å². The summed E-state index contributed by atoms with van der Waals surface area (Å²) < 4.78 is 6.58. The molecular formula is C21H20BrN3O2. The standard InChI is InChI=1S/C21H20BrN3O2/c22-17-11-9-16(10-12-17)19(26)24-21(13-5-2-6-14-21)20-23-18(25-27-20)15-7-3-1-4-8-15/h1,3-4,7-12H,2,5-6,13-14H2,(H,24,26). The van der Waals surface area contributed by atoms with Crippen LogP contribution in [0.25, 0.3) is 11.4 Å².